The van der Waals surface area contributed by atoms with Crippen LogP contribution < -0.4 is 0 Å². The summed E-state index contributed by atoms with van der Waals surface area (Å²) in [7, 11) is 1.93. The zero-order valence-corrected chi connectivity index (χ0v) is 18.9. The fourth-order valence-corrected chi connectivity index (χ4v) is 1.57. The third-order valence-corrected chi connectivity index (χ3v) is 2.66. The van der Waals surface area contributed by atoms with Gasteiger partial charge in [0, 0.05) is 0 Å². The molecule has 0 radical (unpaired) electrons. The molecule has 4 heteroatoms. The Bertz CT molecular complexity index is 394. The van der Waals surface area contributed by atoms with Crippen LogP contribution in [0, 0.1) is 6.92 Å². The van der Waals surface area contributed by atoms with Crippen LogP contribution in [0.2, 0.25) is 0 Å². The van der Waals surface area contributed by atoms with E-state index in [2.05, 4.69) is 4.52 Å². The second-order valence-corrected chi connectivity index (χ2v) is 4.12. The average Bonchev–Trinajstić information content (AvgIpc) is 3.28. The number of hydrogen-bond acceptors (Lipinski definition) is 3. The van der Waals surface area contributed by atoms with Crippen molar-refractivity contribution >= 4 is 26.8 Å². The number of carbonyl (C=O) groups is 1. The first kappa shape index (κ1) is 30.7. The summed E-state index contributed by atoms with van der Waals surface area (Å²) in [5.41, 5.74) is 1.70. The van der Waals surface area contributed by atoms with Gasteiger partial charge in [0.2, 0.25) is 0 Å². The van der Waals surface area contributed by atoms with Crippen molar-refractivity contribution in [3.8, 4) is 0 Å². The molecule has 0 saturated heterocycles. The van der Waals surface area contributed by atoms with Gasteiger partial charge in [-0.1, -0.05) is 85.2 Å². The van der Waals surface area contributed by atoms with Crippen LogP contribution in [-0.2, 0) is 4.52 Å². The van der Waals surface area contributed by atoms with Crippen molar-refractivity contribution in [3.05, 3.63) is 58.3 Å². The predicted molar refractivity (Wildman–Crippen MR) is 116 cm³/mol. The highest BCUT2D eigenvalue weighted by atomic mass is 32.1. The molecule has 0 fully saturated rings. The number of thiophene rings is 1. The predicted octanol–water partition coefficient (Wildman–Crippen LogP) is 7.79. The van der Waals surface area contributed by atoms with Gasteiger partial charge in [-0.05, 0) is 29.8 Å². The summed E-state index contributed by atoms with van der Waals surface area (Å²) in [6, 6.07) is 11.3. The van der Waals surface area contributed by atoms with Crippen LogP contribution in [0.5, 0.6) is 0 Å². The average molecular weight is 373 g/mol. The van der Waals surface area contributed by atoms with Crippen molar-refractivity contribution in [2.24, 2.45) is 0 Å². The van der Waals surface area contributed by atoms with Crippen molar-refractivity contribution in [2.45, 2.75) is 62.3 Å². The van der Waals surface area contributed by atoms with E-state index in [0.29, 0.717) is 5.56 Å². The van der Waals surface area contributed by atoms with E-state index >= 15 is 0 Å². The Balaban J connectivity index is -0.000000129. The molecule has 0 aliphatic heterocycles. The molecule has 0 spiro atoms. The lowest BCUT2D eigenvalue weighted by Gasteiger charge is -1.97. The van der Waals surface area contributed by atoms with E-state index in [0.717, 1.165) is 5.56 Å². The molecule has 2 rings (SSSR count). The summed E-state index contributed by atoms with van der Waals surface area (Å²) in [4.78, 5) is 10.9. The topological polar surface area (TPSA) is 26.3 Å². The number of carbonyl (C=O) groups excluding carboxylic acids is 1. The van der Waals surface area contributed by atoms with Crippen molar-refractivity contribution in [1.82, 2.24) is 0 Å². The molecule has 24 heavy (non-hydrogen) atoms. The third-order valence-electron chi connectivity index (χ3n) is 1.82. The summed E-state index contributed by atoms with van der Waals surface area (Å²) in [5.74, 6) is -0.324. The van der Waals surface area contributed by atoms with Crippen molar-refractivity contribution in [1.29, 1.82) is 0 Å². The van der Waals surface area contributed by atoms with Gasteiger partial charge in [0.25, 0.3) is 0 Å². The van der Waals surface area contributed by atoms with Gasteiger partial charge in [0.05, 0.1) is 15.0 Å². The maximum atomic E-state index is 10.9. The minimum Gasteiger partial charge on any atom is -0.448 e. The van der Waals surface area contributed by atoms with E-state index in [9.17, 15) is 4.79 Å². The van der Waals surface area contributed by atoms with Gasteiger partial charge in [0.15, 0.2) is 0 Å². The second-order valence-electron chi connectivity index (χ2n) is 3.06. The molecule has 140 valence electrons. The number of benzene rings is 1. The highest BCUT2D eigenvalue weighted by Crippen LogP contribution is 2.05. The first-order valence-corrected chi connectivity index (χ1v) is 10.1. The van der Waals surface area contributed by atoms with Gasteiger partial charge in [-0.15, -0.1) is 0 Å². The van der Waals surface area contributed by atoms with Gasteiger partial charge in [-0.2, -0.15) is 11.3 Å². The minimum absolute atomic E-state index is 0.324. The Morgan fingerprint density at radius 2 is 1.21 bits per heavy atom. The molecule has 1 aromatic heterocycles. The van der Waals surface area contributed by atoms with Crippen LogP contribution in [0.15, 0.2) is 47.2 Å². The molecule has 0 aliphatic carbocycles. The largest absolute Gasteiger partial charge is 0.448 e. The van der Waals surface area contributed by atoms with E-state index in [4.69, 9.17) is 0 Å². The molecular weight excluding hydrogens is 335 g/mol. The second kappa shape index (κ2) is 29.8. The molecule has 2 nitrogen and oxygen atoms in total. The maximum absolute atomic E-state index is 10.9. The molecule has 1 heterocycles. The van der Waals surface area contributed by atoms with E-state index in [1.54, 1.807) is 23.5 Å². The van der Waals surface area contributed by atoms with E-state index < -0.39 is 0 Å². The molecule has 1 unspecified atom stereocenters. The Hall–Kier alpha value is -1.18. The van der Waals surface area contributed by atoms with Gasteiger partial charge in [-0.3, -0.25) is 0 Å². The van der Waals surface area contributed by atoms with Crippen LogP contribution in [0.4, 0.5) is 0 Å². The standard InChI is InChI=1S/C8H9O2P.C4H4S.4C2H6/c1-6-2-4-7(5-3-6)8(9)10-11;1-2-4-5-3-1;4*1-2/h2-5H,11H2,1H3;1-4H;4*1-2H3. The first-order chi connectivity index (χ1) is 11.7. The van der Waals surface area contributed by atoms with E-state index in [1.807, 2.05) is 107 Å². The molecule has 0 bridgehead atoms. The highest BCUT2D eigenvalue weighted by molar-refractivity contribution is 7.10. The van der Waals surface area contributed by atoms with Crippen molar-refractivity contribution < 1.29 is 9.32 Å². The van der Waals surface area contributed by atoms with Crippen LogP contribution in [0.25, 0.3) is 0 Å². The van der Waals surface area contributed by atoms with Crippen LogP contribution in [0.3, 0.4) is 0 Å². The molecule has 1 atom stereocenters. The van der Waals surface area contributed by atoms with Gasteiger partial charge >= 0.3 is 5.97 Å². The van der Waals surface area contributed by atoms with E-state index in [1.165, 1.54) is 0 Å². The highest BCUT2D eigenvalue weighted by Gasteiger charge is 2.02. The smallest absolute Gasteiger partial charge is 0.340 e. The first-order valence-electron chi connectivity index (χ1n) is 8.69. The zero-order chi connectivity index (χ0) is 19.8. The molecule has 1 aromatic carbocycles. The quantitative estimate of drug-likeness (QED) is 0.477. The maximum Gasteiger partial charge on any atom is 0.340 e. The molecule has 0 saturated carbocycles. The molecule has 0 N–H and O–H groups in total. The number of aryl methyl sites for hydroxylation is 1. The molecule has 0 aliphatic rings. The summed E-state index contributed by atoms with van der Waals surface area (Å²) >= 11 is 1.71. The summed E-state index contributed by atoms with van der Waals surface area (Å²) < 4.78 is 4.45. The summed E-state index contributed by atoms with van der Waals surface area (Å²) in [6.07, 6.45) is 0. The Labute approximate surface area is 156 Å². The van der Waals surface area contributed by atoms with Crippen LogP contribution in [-0.4, -0.2) is 5.97 Å². The molecule has 2 aromatic rings. The SMILES string of the molecule is CC.CC.CC.CC.Cc1ccc(C(=O)OP)cc1.c1ccsc1. The Morgan fingerprint density at radius 3 is 1.46 bits per heavy atom. The summed E-state index contributed by atoms with van der Waals surface area (Å²) in [5, 5.41) is 4.08. The Morgan fingerprint density at radius 1 is 0.833 bits per heavy atom. The lowest BCUT2D eigenvalue weighted by Crippen LogP contribution is -1.96. The van der Waals surface area contributed by atoms with Gasteiger partial charge in [-0.25, -0.2) is 4.79 Å². The van der Waals surface area contributed by atoms with Gasteiger partial charge in [0.1, 0.15) is 0 Å². The number of hydrogen-bond donors (Lipinski definition) is 0. The summed E-state index contributed by atoms with van der Waals surface area (Å²) in [6.45, 7) is 18.0. The fraction of sp³-hybridized carbons (Fsp3) is 0.450. The fourth-order valence-electron chi connectivity index (χ4n) is 0.984. The Kier molecular flexibility index (Phi) is 38.1. The molecule has 0 amide bonds. The van der Waals surface area contributed by atoms with Gasteiger partial charge < -0.3 is 4.52 Å². The van der Waals surface area contributed by atoms with Crippen molar-refractivity contribution in [2.75, 3.05) is 0 Å². The normalized spacial score (nSPS) is 6.92. The van der Waals surface area contributed by atoms with E-state index in [-0.39, 0.29) is 5.97 Å². The lowest BCUT2D eigenvalue weighted by atomic mass is 10.2. The van der Waals surface area contributed by atoms with Crippen molar-refractivity contribution in [3.63, 3.8) is 0 Å². The van der Waals surface area contributed by atoms with Crippen LogP contribution in [0.1, 0.15) is 71.3 Å². The molecular formula is C20H37O2PS. The third kappa shape index (κ3) is 20.8. The lowest BCUT2D eigenvalue weighted by molar-refractivity contribution is 0.0765. The van der Waals surface area contributed by atoms with Crippen LogP contribution >= 0.6 is 20.8 Å². The monoisotopic (exact) mass is 372 g/mol. The zero-order valence-electron chi connectivity index (χ0n) is 16.9. The number of rotatable bonds is 1. The minimum atomic E-state index is -0.324.